The summed E-state index contributed by atoms with van der Waals surface area (Å²) in [4.78, 5) is 10.7. The standard InChI is InChI=1S/C6H13BO3/c1-2-10-6(9)5(8)3-4-7/h5,8H,2-4,7H2,1H3/t5-/m1/s1. The van der Waals surface area contributed by atoms with Crippen LogP contribution in [0.1, 0.15) is 13.3 Å². The van der Waals surface area contributed by atoms with E-state index in [-0.39, 0.29) is 0 Å². The van der Waals surface area contributed by atoms with Gasteiger partial charge >= 0.3 is 5.97 Å². The molecule has 0 saturated heterocycles. The maximum Gasteiger partial charge on any atom is 0.334 e. The average Bonchev–Trinajstić information content (AvgIpc) is 1.89. The lowest BCUT2D eigenvalue weighted by Crippen LogP contribution is -2.22. The van der Waals surface area contributed by atoms with E-state index >= 15 is 0 Å². The lowest BCUT2D eigenvalue weighted by atomic mass is 9.99. The zero-order chi connectivity index (χ0) is 7.98. The Labute approximate surface area is 61.8 Å². The molecule has 0 aromatic rings. The Balaban J connectivity index is 3.49. The maximum atomic E-state index is 10.7. The van der Waals surface area contributed by atoms with Crippen LogP contribution in [0.2, 0.25) is 6.32 Å². The lowest BCUT2D eigenvalue weighted by molar-refractivity contribution is -0.153. The first-order chi connectivity index (χ1) is 4.72. The van der Waals surface area contributed by atoms with Gasteiger partial charge in [-0.3, -0.25) is 0 Å². The summed E-state index contributed by atoms with van der Waals surface area (Å²) < 4.78 is 4.57. The number of ether oxygens (including phenoxy) is 1. The topological polar surface area (TPSA) is 46.5 Å². The molecule has 58 valence electrons. The van der Waals surface area contributed by atoms with Crippen LogP contribution < -0.4 is 0 Å². The number of rotatable bonds is 4. The van der Waals surface area contributed by atoms with Gasteiger partial charge in [0.25, 0.3) is 0 Å². The van der Waals surface area contributed by atoms with Crippen molar-refractivity contribution in [3.8, 4) is 0 Å². The van der Waals surface area contributed by atoms with Gasteiger partial charge in [-0.1, -0.05) is 6.32 Å². The Hall–Kier alpha value is -0.505. The van der Waals surface area contributed by atoms with Crippen molar-refractivity contribution >= 4 is 13.8 Å². The van der Waals surface area contributed by atoms with Crippen LogP contribution in [0, 0.1) is 0 Å². The summed E-state index contributed by atoms with van der Waals surface area (Å²) in [5.41, 5.74) is 0. The third kappa shape index (κ3) is 3.51. The van der Waals surface area contributed by atoms with Gasteiger partial charge in [-0.25, -0.2) is 4.79 Å². The first-order valence-electron chi connectivity index (χ1n) is 3.57. The number of hydrogen-bond donors (Lipinski definition) is 1. The number of hydrogen-bond acceptors (Lipinski definition) is 3. The Morgan fingerprint density at radius 2 is 2.40 bits per heavy atom. The third-order valence-corrected chi connectivity index (χ3v) is 1.12. The molecule has 0 aromatic heterocycles. The van der Waals surface area contributed by atoms with Crippen molar-refractivity contribution in [2.24, 2.45) is 0 Å². The molecule has 0 aromatic carbocycles. The van der Waals surface area contributed by atoms with E-state index < -0.39 is 12.1 Å². The SMILES string of the molecule is BCC[C@@H](O)C(=O)OCC. The highest BCUT2D eigenvalue weighted by atomic mass is 16.5. The van der Waals surface area contributed by atoms with E-state index in [1.54, 1.807) is 6.92 Å². The van der Waals surface area contributed by atoms with Crippen molar-refractivity contribution in [2.75, 3.05) is 6.61 Å². The number of carbonyl (C=O) groups excluding carboxylic acids is 1. The van der Waals surface area contributed by atoms with Crippen molar-refractivity contribution in [1.29, 1.82) is 0 Å². The zero-order valence-corrected chi connectivity index (χ0v) is 6.46. The molecule has 4 heteroatoms. The molecule has 0 unspecified atom stereocenters. The van der Waals surface area contributed by atoms with E-state index in [1.807, 2.05) is 7.85 Å². The molecule has 0 aliphatic heterocycles. The van der Waals surface area contributed by atoms with Crippen molar-refractivity contribution in [1.82, 2.24) is 0 Å². The smallest absolute Gasteiger partial charge is 0.334 e. The Bertz CT molecular complexity index is 105. The van der Waals surface area contributed by atoms with Gasteiger partial charge in [-0.2, -0.15) is 0 Å². The second-order valence-corrected chi connectivity index (χ2v) is 2.06. The fourth-order valence-corrected chi connectivity index (χ4v) is 0.630. The summed E-state index contributed by atoms with van der Waals surface area (Å²) in [5, 5.41) is 8.97. The highest BCUT2D eigenvalue weighted by Gasteiger charge is 2.13. The zero-order valence-electron chi connectivity index (χ0n) is 6.46. The van der Waals surface area contributed by atoms with Gasteiger partial charge in [0.05, 0.1) is 6.61 Å². The molecule has 0 bridgehead atoms. The summed E-state index contributed by atoms with van der Waals surface area (Å²) >= 11 is 0. The van der Waals surface area contributed by atoms with Gasteiger partial charge in [0, 0.05) is 0 Å². The third-order valence-electron chi connectivity index (χ3n) is 1.12. The Kier molecular flexibility index (Phi) is 5.03. The van der Waals surface area contributed by atoms with E-state index in [9.17, 15) is 4.79 Å². The molecule has 0 saturated carbocycles. The molecule has 0 aliphatic rings. The van der Waals surface area contributed by atoms with E-state index in [1.165, 1.54) is 0 Å². The summed E-state index contributed by atoms with van der Waals surface area (Å²) in [5.74, 6) is -0.510. The molecule has 1 N–H and O–H groups in total. The van der Waals surface area contributed by atoms with Crippen LogP contribution in [0.3, 0.4) is 0 Å². The van der Waals surface area contributed by atoms with Crippen LogP contribution >= 0.6 is 0 Å². The molecule has 3 nitrogen and oxygen atoms in total. The lowest BCUT2D eigenvalue weighted by Gasteiger charge is -2.06. The molecule has 0 amide bonds. The normalized spacial score (nSPS) is 12.6. The van der Waals surface area contributed by atoms with Crippen LogP contribution in [0.4, 0.5) is 0 Å². The quantitative estimate of drug-likeness (QED) is 0.421. The van der Waals surface area contributed by atoms with Crippen LogP contribution in [0.5, 0.6) is 0 Å². The minimum absolute atomic E-state index is 0.333. The van der Waals surface area contributed by atoms with Crippen molar-refractivity contribution < 1.29 is 14.6 Å². The predicted octanol–water partition coefficient (Wildman–Crippen LogP) is -0.648. The summed E-state index contributed by atoms with van der Waals surface area (Å²) in [7, 11) is 1.91. The van der Waals surface area contributed by atoms with Crippen LogP contribution in [0.15, 0.2) is 0 Å². The second-order valence-electron chi connectivity index (χ2n) is 2.06. The Morgan fingerprint density at radius 1 is 1.80 bits per heavy atom. The monoisotopic (exact) mass is 144 g/mol. The van der Waals surface area contributed by atoms with Gasteiger partial charge in [0.15, 0.2) is 6.10 Å². The molecule has 0 aliphatic carbocycles. The van der Waals surface area contributed by atoms with Gasteiger partial charge in [0.2, 0.25) is 0 Å². The minimum atomic E-state index is -0.926. The molecule has 0 radical (unpaired) electrons. The van der Waals surface area contributed by atoms with E-state index in [2.05, 4.69) is 4.74 Å². The molecule has 0 rings (SSSR count). The number of esters is 1. The first kappa shape index (κ1) is 9.49. The Morgan fingerprint density at radius 3 is 2.80 bits per heavy atom. The van der Waals surface area contributed by atoms with Crippen molar-refractivity contribution in [3.05, 3.63) is 0 Å². The van der Waals surface area contributed by atoms with Crippen molar-refractivity contribution in [2.45, 2.75) is 25.8 Å². The number of carbonyl (C=O) groups is 1. The van der Waals surface area contributed by atoms with Gasteiger partial charge < -0.3 is 9.84 Å². The highest BCUT2D eigenvalue weighted by molar-refractivity contribution is 6.08. The molecule has 1 atom stereocenters. The van der Waals surface area contributed by atoms with Crippen LogP contribution in [-0.4, -0.2) is 31.6 Å². The number of aliphatic hydroxyl groups is 1. The highest BCUT2D eigenvalue weighted by Crippen LogP contribution is 1.96. The van der Waals surface area contributed by atoms with E-state index in [4.69, 9.17) is 5.11 Å². The van der Waals surface area contributed by atoms with Crippen LogP contribution in [-0.2, 0) is 9.53 Å². The van der Waals surface area contributed by atoms with Crippen molar-refractivity contribution in [3.63, 3.8) is 0 Å². The van der Waals surface area contributed by atoms with Gasteiger partial charge in [-0.15, -0.1) is 0 Å². The fourth-order valence-electron chi connectivity index (χ4n) is 0.630. The molecule has 0 heterocycles. The largest absolute Gasteiger partial charge is 0.464 e. The first-order valence-corrected chi connectivity index (χ1v) is 3.57. The summed E-state index contributed by atoms with van der Waals surface area (Å²) in [6, 6.07) is 0. The summed E-state index contributed by atoms with van der Waals surface area (Å²) in [6.07, 6.45) is 0.351. The molecule has 0 spiro atoms. The second kappa shape index (κ2) is 5.29. The average molecular weight is 144 g/mol. The maximum absolute atomic E-state index is 10.7. The van der Waals surface area contributed by atoms with Gasteiger partial charge in [0.1, 0.15) is 7.85 Å². The number of aliphatic hydroxyl groups excluding tert-OH is 1. The van der Waals surface area contributed by atoms with Crippen LogP contribution in [0.25, 0.3) is 0 Å². The minimum Gasteiger partial charge on any atom is -0.464 e. The van der Waals surface area contributed by atoms with E-state index in [0.717, 1.165) is 6.32 Å². The molecule has 10 heavy (non-hydrogen) atoms. The summed E-state index contributed by atoms with van der Waals surface area (Å²) in [6.45, 7) is 2.05. The molecular formula is C6H13BO3. The molecule has 0 fully saturated rings. The fraction of sp³-hybridized carbons (Fsp3) is 0.833. The van der Waals surface area contributed by atoms with E-state index in [0.29, 0.717) is 13.0 Å². The molecular weight excluding hydrogens is 131 g/mol. The predicted molar refractivity (Wildman–Crippen MR) is 40.6 cm³/mol. The van der Waals surface area contributed by atoms with Gasteiger partial charge in [-0.05, 0) is 13.3 Å².